The van der Waals surface area contributed by atoms with Crippen LogP contribution in [0.4, 0.5) is 0 Å². The van der Waals surface area contributed by atoms with Crippen molar-refractivity contribution in [2.45, 2.75) is 30.8 Å². The van der Waals surface area contributed by atoms with Crippen molar-refractivity contribution in [1.82, 2.24) is 9.29 Å². The van der Waals surface area contributed by atoms with Crippen molar-refractivity contribution in [1.29, 1.82) is 5.26 Å². The summed E-state index contributed by atoms with van der Waals surface area (Å²) in [5.74, 6) is -1.31. The molecule has 9 heteroatoms. The molecule has 25 heavy (non-hydrogen) atoms. The number of hydrogen-bond acceptors (Lipinski definition) is 4. The number of hydrogen-bond donors (Lipinski definition) is 2. The Kier molecular flexibility index (Phi) is 5.85. The third kappa shape index (κ3) is 4.39. The predicted octanol–water partition coefficient (Wildman–Crippen LogP) is 2.14. The number of nitriles is 1. The minimum atomic E-state index is -4.11. The first-order chi connectivity index (χ1) is 11.8. The highest BCUT2D eigenvalue weighted by Gasteiger charge is 2.28. The fourth-order valence-electron chi connectivity index (χ4n) is 2.41. The first kappa shape index (κ1) is 19.0. The standard InChI is InChI=1S/C16H16ClN3O4S/c1-11-4-2-6-13(17)15(11)25(23,24)19-14(16(21)22)7-9-20-8-3-5-12(20)10-18/h2-6,8,14,19H,7,9H2,1H3,(H,21,22). The Morgan fingerprint density at radius 2 is 2.12 bits per heavy atom. The molecule has 2 N–H and O–H groups in total. The van der Waals surface area contributed by atoms with Crippen LogP contribution in [0, 0.1) is 18.3 Å². The van der Waals surface area contributed by atoms with E-state index in [0.717, 1.165) is 0 Å². The molecule has 0 saturated heterocycles. The number of aliphatic carboxylic acids is 1. The highest BCUT2D eigenvalue weighted by atomic mass is 35.5. The monoisotopic (exact) mass is 381 g/mol. The van der Waals surface area contributed by atoms with Gasteiger partial charge in [0, 0.05) is 12.7 Å². The summed E-state index contributed by atoms with van der Waals surface area (Å²) in [6.45, 7) is 1.76. The van der Waals surface area contributed by atoms with E-state index in [0.29, 0.717) is 11.3 Å². The van der Waals surface area contributed by atoms with Gasteiger partial charge in [0.15, 0.2) is 0 Å². The highest BCUT2D eigenvalue weighted by molar-refractivity contribution is 7.89. The van der Waals surface area contributed by atoms with Gasteiger partial charge in [-0.05, 0) is 37.1 Å². The zero-order chi connectivity index (χ0) is 18.6. The van der Waals surface area contributed by atoms with Crippen LogP contribution in [0.2, 0.25) is 5.02 Å². The van der Waals surface area contributed by atoms with Gasteiger partial charge in [-0.15, -0.1) is 0 Å². The van der Waals surface area contributed by atoms with E-state index in [2.05, 4.69) is 4.72 Å². The van der Waals surface area contributed by atoms with E-state index in [-0.39, 0.29) is 22.9 Å². The van der Waals surface area contributed by atoms with Crippen LogP contribution in [0.15, 0.2) is 41.4 Å². The molecular formula is C16H16ClN3O4S. The lowest BCUT2D eigenvalue weighted by molar-refractivity contribution is -0.139. The van der Waals surface area contributed by atoms with E-state index in [1.165, 1.54) is 6.07 Å². The lowest BCUT2D eigenvalue weighted by Gasteiger charge is -2.17. The van der Waals surface area contributed by atoms with Crippen molar-refractivity contribution in [3.8, 4) is 6.07 Å². The quantitative estimate of drug-likeness (QED) is 0.763. The van der Waals surface area contributed by atoms with Gasteiger partial charge in [-0.2, -0.15) is 9.98 Å². The van der Waals surface area contributed by atoms with Crippen molar-refractivity contribution in [2.75, 3.05) is 0 Å². The first-order valence-electron chi connectivity index (χ1n) is 7.31. The molecule has 132 valence electrons. The summed E-state index contributed by atoms with van der Waals surface area (Å²) in [4.78, 5) is 11.3. The van der Waals surface area contributed by atoms with E-state index in [1.54, 1.807) is 42.0 Å². The second-order valence-corrected chi connectivity index (χ2v) is 7.44. The van der Waals surface area contributed by atoms with Gasteiger partial charge < -0.3 is 9.67 Å². The number of halogens is 1. The zero-order valence-electron chi connectivity index (χ0n) is 13.3. The maximum Gasteiger partial charge on any atom is 0.321 e. The maximum atomic E-state index is 12.6. The molecule has 1 aromatic carbocycles. The fraction of sp³-hybridized carbons (Fsp3) is 0.250. The molecule has 0 aliphatic heterocycles. The molecule has 0 aliphatic carbocycles. The summed E-state index contributed by atoms with van der Waals surface area (Å²) in [5.41, 5.74) is 0.787. The van der Waals surface area contributed by atoms with Crippen molar-refractivity contribution < 1.29 is 18.3 Å². The van der Waals surface area contributed by atoms with E-state index >= 15 is 0 Å². The summed E-state index contributed by atoms with van der Waals surface area (Å²) in [6, 6.07) is 8.49. The maximum absolute atomic E-state index is 12.6. The topological polar surface area (TPSA) is 112 Å². The molecular weight excluding hydrogens is 366 g/mol. The van der Waals surface area contributed by atoms with Crippen LogP contribution in [0.5, 0.6) is 0 Å². The number of carboxylic acid groups (broad SMARTS) is 1. The minimum Gasteiger partial charge on any atom is -0.480 e. The van der Waals surface area contributed by atoms with Crippen molar-refractivity contribution in [3.63, 3.8) is 0 Å². The molecule has 0 fully saturated rings. The average Bonchev–Trinajstić information content (AvgIpc) is 2.98. The van der Waals surface area contributed by atoms with Crippen LogP contribution in [0.3, 0.4) is 0 Å². The first-order valence-corrected chi connectivity index (χ1v) is 9.18. The van der Waals surface area contributed by atoms with Crippen LogP contribution < -0.4 is 4.72 Å². The van der Waals surface area contributed by atoms with Gasteiger partial charge in [0.2, 0.25) is 10.0 Å². The molecule has 0 spiro atoms. The molecule has 1 unspecified atom stereocenters. The third-order valence-electron chi connectivity index (χ3n) is 3.63. The molecule has 2 aromatic rings. The van der Waals surface area contributed by atoms with Gasteiger partial charge in [0.1, 0.15) is 22.7 Å². The summed E-state index contributed by atoms with van der Waals surface area (Å²) >= 11 is 5.97. The van der Waals surface area contributed by atoms with E-state index < -0.39 is 22.0 Å². The molecule has 1 atom stereocenters. The summed E-state index contributed by atoms with van der Waals surface area (Å²) in [7, 11) is -4.11. The molecule has 0 aliphatic rings. The molecule has 0 amide bonds. The lowest BCUT2D eigenvalue weighted by atomic mass is 10.2. The Balaban J connectivity index is 2.21. The van der Waals surface area contributed by atoms with Crippen LogP contribution in [-0.4, -0.2) is 30.1 Å². The highest BCUT2D eigenvalue weighted by Crippen LogP contribution is 2.25. The summed E-state index contributed by atoms with van der Waals surface area (Å²) in [5, 5.41) is 18.3. The molecule has 2 rings (SSSR count). The Bertz CT molecular complexity index is 911. The van der Waals surface area contributed by atoms with Crippen molar-refractivity contribution in [3.05, 3.63) is 52.8 Å². The number of benzene rings is 1. The molecule has 7 nitrogen and oxygen atoms in total. The molecule has 1 aromatic heterocycles. The SMILES string of the molecule is Cc1cccc(Cl)c1S(=O)(=O)NC(CCn1cccc1C#N)C(=O)O. The smallest absolute Gasteiger partial charge is 0.321 e. The second kappa shape index (κ2) is 7.70. The van der Waals surface area contributed by atoms with Gasteiger partial charge in [-0.25, -0.2) is 8.42 Å². The number of aromatic nitrogens is 1. The van der Waals surface area contributed by atoms with Crippen LogP contribution in [0.25, 0.3) is 0 Å². The number of nitrogens with zero attached hydrogens (tertiary/aromatic N) is 2. The Morgan fingerprint density at radius 1 is 1.40 bits per heavy atom. The van der Waals surface area contributed by atoms with Crippen LogP contribution in [0.1, 0.15) is 17.7 Å². The van der Waals surface area contributed by atoms with Crippen LogP contribution >= 0.6 is 11.6 Å². The number of aryl methyl sites for hydroxylation is 2. The molecule has 0 radical (unpaired) electrons. The Morgan fingerprint density at radius 3 is 2.72 bits per heavy atom. The van der Waals surface area contributed by atoms with Crippen molar-refractivity contribution in [2.24, 2.45) is 0 Å². The van der Waals surface area contributed by atoms with Crippen molar-refractivity contribution >= 4 is 27.6 Å². The number of rotatable bonds is 7. The van der Waals surface area contributed by atoms with E-state index in [1.807, 2.05) is 6.07 Å². The van der Waals surface area contributed by atoms with Gasteiger partial charge >= 0.3 is 5.97 Å². The minimum absolute atomic E-state index is 0.0221. The summed E-state index contributed by atoms with van der Waals surface area (Å²) in [6.07, 6.45) is 1.60. The Hall–Kier alpha value is -2.34. The normalized spacial score (nSPS) is 12.5. The number of carboxylic acids is 1. The summed E-state index contributed by atoms with van der Waals surface area (Å²) < 4.78 is 28.9. The predicted molar refractivity (Wildman–Crippen MR) is 91.7 cm³/mol. The molecule has 0 bridgehead atoms. The van der Waals surface area contributed by atoms with Gasteiger partial charge in [-0.1, -0.05) is 23.7 Å². The lowest BCUT2D eigenvalue weighted by Crippen LogP contribution is -2.41. The van der Waals surface area contributed by atoms with Gasteiger partial charge in [-0.3, -0.25) is 4.79 Å². The van der Waals surface area contributed by atoms with Crippen LogP contribution in [-0.2, 0) is 21.4 Å². The fourth-order valence-corrected chi connectivity index (χ4v) is 4.47. The Labute approximate surface area is 150 Å². The molecule has 0 saturated carbocycles. The van der Waals surface area contributed by atoms with Gasteiger partial charge in [0.25, 0.3) is 0 Å². The second-order valence-electron chi connectivity index (χ2n) is 5.39. The third-order valence-corrected chi connectivity index (χ3v) is 5.73. The van der Waals surface area contributed by atoms with E-state index in [4.69, 9.17) is 16.9 Å². The largest absolute Gasteiger partial charge is 0.480 e. The van der Waals surface area contributed by atoms with E-state index in [9.17, 15) is 18.3 Å². The van der Waals surface area contributed by atoms with Gasteiger partial charge in [0.05, 0.1) is 5.02 Å². The zero-order valence-corrected chi connectivity index (χ0v) is 14.9. The average molecular weight is 382 g/mol. The number of carbonyl (C=O) groups is 1. The number of nitrogens with one attached hydrogen (secondary N) is 1. The number of sulfonamides is 1. The molecule has 1 heterocycles.